The van der Waals surface area contributed by atoms with Crippen molar-refractivity contribution in [3.63, 3.8) is 0 Å². The molecule has 1 rings (SSSR count). The number of nitrogens with one attached hydrogen (secondary N) is 1. The molecule has 0 aromatic carbocycles. The first-order valence-electron chi connectivity index (χ1n) is 4.38. The highest BCUT2D eigenvalue weighted by Crippen LogP contribution is 2.29. The fourth-order valence-corrected chi connectivity index (χ4v) is 0.777. The SMILES string of the molecule is O=C(O)CNC(=O)OCOC(=O)C1CC1. The van der Waals surface area contributed by atoms with Gasteiger partial charge in [0, 0.05) is 0 Å². The molecule has 7 heteroatoms. The van der Waals surface area contributed by atoms with E-state index in [1.165, 1.54) is 0 Å². The number of amides is 1. The summed E-state index contributed by atoms with van der Waals surface area (Å²) < 4.78 is 8.96. The van der Waals surface area contributed by atoms with Crippen LogP contribution in [-0.4, -0.2) is 36.5 Å². The molecule has 2 N–H and O–H groups in total. The van der Waals surface area contributed by atoms with Gasteiger partial charge in [-0.25, -0.2) is 4.79 Å². The van der Waals surface area contributed by atoms with E-state index >= 15 is 0 Å². The van der Waals surface area contributed by atoms with Crippen molar-refractivity contribution in [3.05, 3.63) is 0 Å². The lowest BCUT2D eigenvalue weighted by molar-refractivity contribution is -0.153. The summed E-state index contributed by atoms with van der Waals surface area (Å²) in [5.74, 6) is -1.63. The number of carboxylic acid groups (broad SMARTS) is 1. The third-order valence-electron chi connectivity index (χ3n) is 1.69. The molecule has 1 aliphatic carbocycles. The number of aliphatic carboxylic acids is 1. The molecule has 0 radical (unpaired) electrons. The van der Waals surface area contributed by atoms with E-state index in [0.717, 1.165) is 12.8 Å². The Bertz CT molecular complexity index is 272. The number of alkyl carbamates (subject to hydrolysis) is 1. The Labute approximate surface area is 85.3 Å². The third-order valence-corrected chi connectivity index (χ3v) is 1.69. The highest BCUT2D eigenvalue weighted by atomic mass is 16.7. The number of hydrogen-bond donors (Lipinski definition) is 2. The summed E-state index contributed by atoms with van der Waals surface area (Å²) in [4.78, 5) is 31.7. The van der Waals surface area contributed by atoms with Crippen molar-refractivity contribution in [1.82, 2.24) is 5.32 Å². The summed E-state index contributed by atoms with van der Waals surface area (Å²) in [6.45, 7) is -1.02. The summed E-state index contributed by atoms with van der Waals surface area (Å²) in [6.07, 6.45) is 0.690. The Morgan fingerprint density at radius 1 is 1.27 bits per heavy atom. The topological polar surface area (TPSA) is 102 Å². The van der Waals surface area contributed by atoms with Gasteiger partial charge in [0.1, 0.15) is 6.54 Å². The van der Waals surface area contributed by atoms with Gasteiger partial charge in [-0.1, -0.05) is 0 Å². The number of carboxylic acids is 1. The molecule has 0 aromatic heterocycles. The van der Waals surface area contributed by atoms with Crippen LogP contribution in [0.25, 0.3) is 0 Å². The first-order chi connectivity index (χ1) is 7.09. The summed E-state index contributed by atoms with van der Waals surface area (Å²) in [7, 11) is 0. The zero-order valence-electron chi connectivity index (χ0n) is 7.89. The minimum Gasteiger partial charge on any atom is -0.480 e. The first-order valence-corrected chi connectivity index (χ1v) is 4.38. The van der Waals surface area contributed by atoms with Crippen LogP contribution in [0, 0.1) is 5.92 Å². The molecule has 0 aliphatic heterocycles. The molecular formula is C8H11NO6. The zero-order valence-corrected chi connectivity index (χ0v) is 7.89. The maximum absolute atomic E-state index is 10.9. The maximum atomic E-state index is 10.9. The monoisotopic (exact) mass is 217 g/mol. The lowest BCUT2D eigenvalue weighted by atomic mass is 10.4. The molecule has 0 bridgehead atoms. The van der Waals surface area contributed by atoms with Gasteiger partial charge in [-0.2, -0.15) is 0 Å². The average Bonchev–Trinajstić information content (AvgIpc) is 2.97. The van der Waals surface area contributed by atoms with Crippen LogP contribution in [0.15, 0.2) is 0 Å². The molecule has 1 aliphatic rings. The van der Waals surface area contributed by atoms with Crippen molar-refractivity contribution in [1.29, 1.82) is 0 Å². The molecule has 15 heavy (non-hydrogen) atoms. The van der Waals surface area contributed by atoms with E-state index in [1.807, 2.05) is 5.32 Å². The summed E-state index contributed by atoms with van der Waals surface area (Å²) >= 11 is 0. The van der Waals surface area contributed by atoms with Gasteiger partial charge >= 0.3 is 18.0 Å². The van der Waals surface area contributed by atoms with Crippen molar-refractivity contribution >= 4 is 18.0 Å². The van der Waals surface area contributed by atoms with E-state index < -0.39 is 25.4 Å². The van der Waals surface area contributed by atoms with Gasteiger partial charge in [-0.3, -0.25) is 9.59 Å². The number of carbonyl (C=O) groups excluding carboxylic acids is 2. The van der Waals surface area contributed by atoms with Gasteiger partial charge in [0.25, 0.3) is 0 Å². The predicted molar refractivity (Wildman–Crippen MR) is 45.8 cm³/mol. The lowest BCUT2D eigenvalue weighted by Crippen LogP contribution is -2.30. The Morgan fingerprint density at radius 2 is 1.93 bits per heavy atom. The Morgan fingerprint density at radius 3 is 2.47 bits per heavy atom. The van der Waals surface area contributed by atoms with Crippen molar-refractivity contribution in [2.75, 3.05) is 13.3 Å². The molecule has 0 unspecified atom stereocenters. The molecule has 0 spiro atoms. The van der Waals surface area contributed by atoms with Crippen molar-refractivity contribution < 1.29 is 29.0 Å². The highest BCUT2D eigenvalue weighted by molar-refractivity contribution is 5.77. The Balaban J connectivity index is 2.00. The number of carbonyl (C=O) groups is 3. The molecule has 0 saturated heterocycles. The predicted octanol–water partition coefficient (Wildman–Crippen LogP) is -0.292. The van der Waals surface area contributed by atoms with E-state index in [0.29, 0.717) is 0 Å². The van der Waals surface area contributed by atoms with Gasteiger partial charge in [-0.15, -0.1) is 0 Å². The van der Waals surface area contributed by atoms with Gasteiger partial charge in [0.2, 0.25) is 6.79 Å². The third kappa shape index (κ3) is 4.84. The minimum absolute atomic E-state index is 0.0596. The zero-order chi connectivity index (χ0) is 11.3. The fourth-order valence-electron chi connectivity index (χ4n) is 0.777. The fraction of sp³-hybridized carbons (Fsp3) is 0.625. The largest absolute Gasteiger partial charge is 0.480 e. The first kappa shape index (κ1) is 11.3. The molecule has 0 heterocycles. The normalized spacial score (nSPS) is 14.1. The number of hydrogen-bond acceptors (Lipinski definition) is 5. The van der Waals surface area contributed by atoms with Gasteiger partial charge in [-0.05, 0) is 12.8 Å². The molecule has 1 fully saturated rings. The van der Waals surface area contributed by atoms with Crippen LogP contribution >= 0.6 is 0 Å². The molecular weight excluding hydrogens is 206 g/mol. The van der Waals surface area contributed by atoms with E-state index in [2.05, 4.69) is 9.47 Å². The standard InChI is InChI=1S/C8H11NO6/c10-6(11)3-9-8(13)15-4-14-7(12)5-1-2-5/h5H,1-4H2,(H,9,13)(H,10,11). The van der Waals surface area contributed by atoms with Crippen molar-refractivity contribution in [3.8, 4) is 0 Å². The van der Waals surface area contributed by atoms with E-state index in [4.69, 9.17) is 5.11 Å². The van der Waals surface area contributed by atoms with Gasteiger partial charge in [0.15, 0.2) is 0 Å². The molecule has 1 amide bonds. The number of rotatable bonds is 5. The number of esters is 1. The van der Waals surface area contributed by atoms with Crippen LogP contribution in [0.3, 0.4) is 0 Å². The summed E-state index contributed by atoms with van der Waals surface area (Å²) in [5.41, 5.74) is 0. The van der Waals surface area contributed by atoms with Crippen molar-refractivity contribution in [2.45, 2.75) is 12.8 Å². The second-order valence-corrected chi connectivity index (χ2v) is 3.03. The van der Waals surface area contributed by atoms with E-state index in [-0.39, 0.29) is 11.9 Å². The molecule has 0 aromatic rings. The quantitative estimate of drug-likeness (QED) is 0.484. The minimum atomic E-state index is -1.18. The van der Waals surface area contributed by atoms with Crippen LogP contribution in [0.4, 0.5) is 4.79 Å². The lowest BCUT2D eigenvalue weighted by Gasteiger charge is -2.05. The van der Waals surface area contributed by atoms with Crippen LogP contribution < -0.4 is 5.32 Å². The van der Waals surface area contributed by atoms with E-state index in [1.54, 1.807) is 0 Å². The Hall–Kier alpha value is -1.79. The van der Waals surface area contributed by atoms with Gasteiger partial charge < -0.3 is 19.9 Å². The second-order valence-electron chi connectivity index (χ2n) is 3.03. The molecule has 1 saturated carbocycles. The second kappa shape index (κ2) is 5.18. The maximum Gasteiger partial charge on any atom is 0.410 e. The van der Waals surface area contributed by atoms with Crippen LogP contribution in [-0.2, 0) is 19.1 Å². The summed E-state index contributed by atoms with van der Waals surface area (Å²) in [5, 5.41) is 10.2. The van der Waals surface area contributed by atoms with Crippen molar-refractivity contribution in [2.24, 2.45) is 5.92 Å². The molecule has 84 valence electrons. The smallest absolute Gasteiger partial charge is 0.410 e. The van der Waals surface area contributed by atoms with Crippen LogP contribution in [0.2, 0.25) is 0 Å². The average molecular weight is 217 g/mol. The summed E-state index contributed by atoms with van der Waals surface area (Å²) in [6, 6.07) is 0. The van der Waals surface area contributed by atoms with E-state index in [9.17, 15) is 14.4 Å². The number of ether oxygens (including phenoxy) is 2. The highest BCUT2D eigenvalue weighted by Gasteiger charge is 2.31. The van der Waals surface area contributed by atoms with Crippen LogP contribution in [0.5, 0.6) is 0 Å². The van der Waals surface area contributed by atoms with Crippen LogP contribution in [0.1, 0.15) is 12.8 Å². The molecule has 7 nitrogen and oxygen atoms in total. The Kier molecular flexibility index (Phi) is 3.90. The molecule has 0 atom stereocenters. The van der Waals surface area contributed by atoms with Gasteiger partial charge in [0.05, 0.1) is 5.92 Å².